The first-order valence-corrected chi connectivity index (χ1v) is 8.26. The van der Waals surface area contributed by atoms with Crippen LogP contribution in [0.25, 0.3) is 22.4 Å². The standard InChI is InChI=1S/C17H16N2O5S/c1-24-12-4-2-10(3-5-12)13-8-11-6-7-19(16(22)15(11)25-13)17(23)18-9-14(20)21/h2-6,8,22H,7,9H2,1H3,(H,18,23)(H,20,21). The number of carbonyl (C=O) groups is 2. The molecule has 1 aliphatic rings. The van der Waals surface area contributed by atoms with Crippen molar-refractivity contribution in [1.29, 1.82) is 0 Å². The summed E-state index contributed by atoms with van der Waals surface area (Å²) in [4.78, 5) is 24.6. The fourth-order valence-electron chi connectivity index (χ4n) is 2.45. The van der Waals surface area contributed by atoms with E-state index in [0.717, 1.165) is 26.3 Å². The van der Waals surface area contributed by atoms with Gasteiger partial charge in [0.2, 0.25) is 5.88 Å². The summed E-state index contributed by atoms with van der Waals surface area (Å²) in [6.07, 6.45) is 1.82. The van der Waals surface area contributed by atoms with Crippen LogP contribution in [0.5, 0.6) is 5.75 Å². The second-order valence-corrected chi connectivity index (χ2v) is 6.37. The van der Waals surface area contributed by atoms with Crippen LogP contribution in [0.1, 0.15) is 0 Å². The van der Waals surface area contributed by atoms with Gasteiger partial charge in [0.15, 0.2) is 0 Å². The second-order valence-electron chi connectivity index (χ2n) is 5.31. The van der Waals surface area contributed by atoms with Crippen molar-refractivity contribution in [3.63, 3.8) is 0 Å². The molecule has 7 nitrogen and oxygen atoms in total. The number of nitrogens with one attached hydrogen (secondary N) is 1. The average Bonchev–Trinajstić information content (AvgIpc) is 3.05. The van der Waals surface area contributed by atoms with E-state index in [1.165, 1.54) is 11.3 Å². The molecule has 0 unspecified atom stereocenters. The Kier molecular flexibility index (Phi) is 4.62. The molecule has 0 atom stereocenters. The SMILES string of the molecule is COc1ccc(-c2cc3c(s2)=C(O)N(C(=O)NCC(=O)O)CC=3)cc1. The number of carboxylic acids is 1. The van der Waals surface area contributed by atoms with Gasteiger partial charge in [0, 0.05) is 11.4 Å². The van der Waals surface area contributed by atoms with Gasteiger partial charge in [-0.05, 0) is 41.1 Å². The van der Waals surface area contributed by atoms with Crippen LogP contribution in [0.2, 0.25) is 0 Å². The number of carbonyl (C=O) groups excluding carboxylic acids is 1. The predicted molar refractivity (Wildman–Crippen MR) is 93.8 cm³/mol. The summed E-state index contributed by atoms with van der Waals surface area (Å²) in [5, 5.41) is 22.1. The maximum absolute atomic E-state index is 12.0. The number of urea groups is 1. The highest BCUT2D eigenvalue weighted by Gasteiger charge is 2.22. The van der Waals surface area contributed by atoms with Crippen molar-refractivity contribution < 1.29 is 24.5 Å². The molecule has 0 radical (unpaired) electrons. The van der Waals surface area contributed by atoms with Gasteiger partial charge in [-0.25, -0.2) is 4.79 Å². The topological polar surface area (TPSA) is 99.1 Å². The van der Waals surface area contributed by atoms with Crippen LogP contribution in [-0.2, 0) is 4.79 Å². The molecule has 2 amide bonds. The van der Waals surface area contributed by atoms with Gasteiger partial charge in [-0.1, -0.05) is 6.08 Å². The molecule has 130 valence electrons. The van der Waals surface area contributed by atoms with Gasteiger partial charge < -0.3 is 20.3 Å². The lowest BCUT2D eigenvalue weighted by Crippen LogP contribution is -2.46. The van der Waals surface area contributed by atoms with Crippen molar-refractivity contribution in [2.75, 3.05) is 20.2 Å². The molecule has 0 aliphatic carbocycles. The maximum atomic E-state index is 12.0. The Hall–Kier alpha value is -3.00. The zero-order chi connectivity index (χ0) is 18.0. The number of amides is 2. The smallest absolute Gasteiger partial charge is 0.325 e. The van der Waals surface area contributed by atoms with E-state index in [0.29, 0.717) is 4.53 Å². The van der Waals surface area contributed by atoms with Crippen molar-refractivity contribution in [2.45, 2.75) is 0 Å². The van der Waals surface area contributed by atoms with Gasteiger partial charge >= 0.3 is 12.0 Å². The fourth-order valence-corrected chi connectivity index (χ4v) is 3.57. The number of ether oxygens (including phenoxy) is 1. The number of thiophene rings is 1. The van der Waals surface area contributed by atoms with Crippen LogP contribution in [0.15, 0.2) is 30.3 Å². The predicted octanol–water partition coefficient (Wildman–Crippen LogP) is 0.938. The highest BCUT2D eigenvalue weighted by Crippen LogP contribution is 2.24. The summed E-state index contributed by atoms with van der Waals surface area (Å²) in [7, 11) is 1.60. The summed E-state index contributed by atoms with van der Waals surface area (Å²) in [6, 6.07) is 8.85. The van der Waals surface area contributed by atoms with Crippen LogP contribution in [0, 0.1) is 0 Å². The molecule has 0 saturated heterocycles. The minimum absolute atomic E-state index is 0.170. The quantitative estimate of drug-likeness (QED) is 0.754. The average molecular weight is 360 g/mol. The number of carboxylic acid groups (broad SMARTS) is 1. The van der Waals surface area contributed by atoms with E-state index in [2.05, 4.69) is 5.32 Å². The highest BCUT2D eigenvalue weighted by atomic mass is 32.1. The lowest BCUT2D eigenvalue weighted by atomic mass is 10.1. The summed E-state index contributed by atoms with van der Waals surface area (Å²) < 4.78 is 5.72. The number of aliphatic carboxylic acids is 1. The second kappa shape index (κ2) is 6.86. The van der Waals surface area contributed by atoms with Crippen molar-refractivity contribution in [1.82, 2.24) is 10.2 Å². The number of methoxy groups -OCH3 is 1. The molecule has 1 aliphatic heterocycles. The Morgan fingerprint density at radius 2 is 2.04 bits per heavy atom. The zero-order valence-electron chi connectivity index (χ0n) is 13.4. The van der Waals surface area contributed by atoms with Crippen LogP contribution >= 0.6 is 11.3 Å². The molecule has 25 heavy (non-hydrogen) atoms. The molecule has 0 saturated carbocycles. The minimum atomic E-state index is -1.15. The third-order valence-corrected chi connectivity index (χ3v) is 4.92. The third-order valence-electron chi connectivity index (χ3n) is 3.72. The summed E-state index contributed by atoms with van der Waals surface area (Å²) >= 11 is 1.36. The number of nitrogens with zero attached hydrogens (tertiary/aromatic N) is 1. The largest absolute Gasteiger partial charge is 0.497 e. The molecule has 3 rings (SSSR count). The Morgan fingerprint density at radius 3 is 2.68 bits per heavy atom. The van der Waals surface area contributed by atoms with Crippen molar-refractivity contribution in [3.8, 4) is 16.2 Å². The van der Waals surface area contributed by atoms with Crippen molar-refractivity contribution in [2.24, 2.45) is 0 Å². The zero-order valence-corrected chi connectivity index (χ0v) is 14.2. The summed E-state index contributed by atoms with van der Waals surface area (Å²) in [6.45, 7) is -0.333. The van der Waals surface area contributed by atoms with Crippen molar-refractivity contribution in [3.05, 3.63) is 40.1 Å². The normalized spacial score (nSPS) is 13.0. The first-order valence-electron chi connectivity index (χ1n) is 7.44. The number of hydrogen-bond donors (Lipinski definition) is 3. The monoisotopic (exact) mass is 360 g/mol. The summed E-state index contributed by atoms with van der Waals surface area (Å²) in [5.41, 5.74) is 0.975. The molecule has 0 spiro atoms. The Balaban J connectivity index is 1.91. The van der Waals surface area contributed by atoms with Crippen LogP contribution in [0.4, 0.5) is 4.79 Å². The van der Waals surface area contributed by atoms with Gasteiger partial charge in [-0.3, -0.25) is 9.69 Å². The van der Waals surface area contributed by atoms with Crippen LogP contribution in [-0.4, -0.2) is 47.3 Å². The number of aliphatic hydroxyl groups excluding tert-OH is 1. The van der Waals surface area contributed by atoms with E-state index in [4.69, 9.17) is 9.84 Å². The van der Waals surface area contributed by atoms with E-state index in [1.807, 2.05) is 36.4 Å². The minimum Gasteiger partial charge on any atom is -0.497 e. The Morgan fingerprint density at radius 1 is 1.32 bits per heavy atom. The molecule has 1 aromatic heterocycles. The first kappa shape index (κ1) is 16.8. The van der Waals surface area contributed by atoms with Crippen LogP contribution in [0.3, 0.4) is 0 Å². The molecular formula is C17H16N2O5S. The Labute approximate surface area is 147 Å². The molecule has 3 N–H and O–H groups in total. The molecular weight excluding hydrogens is 344 g/mol. The van der Waals surface area contributed by atoms with Crippen LogP contribution < -0.4 is 19.8 Å². The molecule has 2 heterocycles. The third kappa shape index (κ3) is 3.43. The van der Waals surface area contributed by atoms with Gasteiger partial charge in [0.25, 0.3) is 0 Å². The fraction of sp³-hybridized carbons (Fsp3) is 0.176. The lowest BCUT2D eigenvalue weighted by Gasteiger charge is -2.21. The summed E-state index contributed by atoms with van der Waals surface area (Å²) in [5.74, 6) is -0.565. The number of hydrogen-bond acceptors (Lipinski definition) is 5. The van der Waals surface area contributed by atoms with E-state index in [-0.39, 0.29) is 12.4 Å². The van der Waals surface area contributed by atoms with Gasteiger partial charge in [-0.15, -0.1) is 11.3 Å². The molecule has 2 aromatic rings. The highest BCUT2D eigenvalue weighted by molar-refractivity contribution is 7.13. The molecule has 8 heteroatoms. The number of benzene rings is 1. The van der Waals surface area contributed by atoms with Gasteiger partial charge in [0.05, 0.1) is 11.6 Å². The maximum Gasteiger partial charge on any atom is 0.325 e. The van der Waals surface area contributed by atoms with E-state index in [9.17, 15) is 14.7 Å². The molecule has 0 bridgehead atoms. The lowest BCUT2D eigenvalue weighted by molar-refractivity contribution is -0.135. The van der Waals surface area contributed by atoms with Gasteiger partial charge in [-0.2, -0.15) is 0 Å². The molecule has 1 aromatic carbocycles. The Bertz CT molecular complexity index is 933. The van der Waals surface area contributed by atoms with E-state index in [1.54, 1.807) is 7.11 Å². The van der Waals surface area contributed by atoms with Gasteiger partial charge in [0.1, 0.15) is 12.3 Å². The number of rotatable bonds is 4. The van der Waals surface area contributed by atoms with E-state index >= 15 is 0 Å². The first-order chi connectivity index (χ1) is 12.0. The molecule has 0 fully saturated rings. The number of aliphatic hydroxyl groups is 1. The number of fused-ring (bicyclic) bond motifs is 1. The van der Waals surface area contributed by atoms with E-state index < -0.39 is 18.5 Å². The van der Waals surface area contributed by atoms with Crippen molar-refractivity contribution >= 4 is 35.3 Å².